The molecular formula is C10H13BrN2. The lowest BCUT2D eigenvalue weighted by molar-refractivity contribution is 0.773. The van der Waals surface area contributed by atoms with E-state index < -0.39 is 0 Å². The number of rotatable bonds is 3. The highest BCUT2D eigenvalue weighted by molar-refractivity contribution is 9.10. The van der Waals surface area contributed by atoms with Crippen LogP contribution in [-0.2, 0) is 0 Å². The van der Waals surface area contributed by atoms with Crippen LogP contribution in [0.2, 0.25) is 0 Å². The largest absolute Gasteiger partial charge is 0.367 e. The van der Waals surface area contributed by atoms with Crippen molar-refractivity contribution in [3.63, 3.8) is 0 Å². The van der Waals surface area contributed by atoms with Gasteiger partial charge in [-0.1, -0.05) is 13.3 Å². The van der Waals surface area contributed by atoms with E-state index >= 15 is 0 Å². The second-order valence-corrected chi connectivity index (χ2v) is 4.43. The summed E-state index contributed by atoms with van der Waals surface area (Å²) in [5, 5.41) is 3.41. The van der Waals surface area contributed by atoms with Crippen molar-refractivity contribution in [3.8, 4) is 0 Å². The Morgan fingerprint density at radius 1 is 1.62 bits per heavy atom. The average molecular weight is 241 g/mol. The number of nitrogens with one attached hydrogen (secondary N) is 1. The summed E-state index contributed by atoms with van der Waals surface area (Å²) in [6.45, 7) is 2.24. The molecule has 2 unspecified atom stereocenters. The number of hydrogen-bond donors (Lipinski definition) is 1. The molecule has 70 valence electrons. The van der Waals surface area contributed by atoms with Gasteiger partial charge in [0.05, 0.1) is 0 Å². The van der Waals surface area contributed by atoms with E-state index in [9.17, 15) is 0 Å². The molecule has 2 rings (SSSR count). The summed E-state index contributed by atoms with van der Waals surface area (Å²) >= 11 is 3.36. The van der Waals surface area contributed by atoms with E-state index in [0.717, 1.165) is 16.2 Å². The van der Waals surface area contributed by atoms with Crippen LogP contribution < -0.4 is 5.32 Å². The van der Waals surface area contributed by atoms with Crippen molar-refractivity contribution in [1.29, 1.82) is 0 Å². The molecule has 1 aliphatic rings. The first-order valence-corrected chi connectivity index (χ1v) is 5.47. The second-order valence-electron chi connectivity index (χ2n) is 3.52. The van der Waals surface area contributed by atoms with Crippen molar-refractivity contribution >= 4 is 21.7 Å². The maximum Gasteiger partial charge on any atom is 0.126 e. The van der Waals surface area contributed by atoms with Crippen LogP contribution in [0.5, 0.6) is 0 Å². The van der Waals surface area contributed by atoms with Gasteiger partial charge in [0, 0.05) is 16.7 Å². The van der Waals surface area contributed by atoms with Gasteiger partial charge >= 0.3 is 0 Å². The summed E-state index contributed by atoms with van der Waals surface area (Å²) < 4.78 is 1.03. The minimum atomic E-state index is 0.665. The third-order valence-corrected chi connectivity index (χ3v) is 2.98. The molecule has 2 atom stereocenters. The van der Waals surface area contributed by atoms with E-state index in [4.69, 9.17) is 0 Å². The van der Waals surface area contributed by atoms with Gasteiger partial charge in [0.15, 0.2) is 0 Å². The predicted octanol–water partition coefficient (Wildman–Crippen LogP) is 3.05. The van der Waals surface area contributed by atoms with Gasteiger partial charge in [-0.05, 0) is 40.4 Å². The molecule has 0 radical (unpaired) electrons. The maximum absolute atomic E-state index is 4.27. The maximum atomic E-state index is 4.27. The standard InChI is InChI=1S/C10H13BrN2/c1-2-7-5-9(7)13-10-4-3-8(11)6-12-10/h3-4,6-7,9H,2,5H2,1H3,(H,12,13). The highest BCUT2D eigenvalue weighted by Gasteiger charge is 2.35. The first-order valence-electron chi connectivity index (χ1n) is 4.67. The molecule has 1 aromatic rings. The van der Waals surface area contributed by atoms with E-state index in [1.807, 2.05) is 18.3 Å². The van der Waals surface area contributed by atoms with E-state index in [0.29, 0.717) is 6.04 Å². The smallest absolute Gasteiger partial charge is 0.126 e. The van der Waals surface area contributed by atoms with E-state index in [2.05, 4.69) is 33.2 Å². The highest BCUT2D eigenvalue weighted by Crippen LogP contribution is 2.35. The lowest BCUT2D eigenvalue weighted by Crippen LogP contribution is -2.05. The van der Waals surface area contributed by atoms with Crippen LogP contribution in [-0.4, -0.2) is 11.0 Å². The molecule has 1 N–H and O–H groups in total. The molecule has 1 saturated carbocycles. The Morgan fingerprint density at radius 2 is 2.46 bits per heavy atom. The first kappa shape index (κ1) is 9.00. The zero-order valence-corrected chi connectivity index (χ0v) is 9.21. The lowest BCUT2D eigenvalue weighted by Gasteiger charge is -2.03. The van der Waals surface area contributed by atoms with Crippen LogP contribution in [0.25, 0.3) is 0 Å². The van der Waals surface area contributed by atoms with Crippen molar-refractivity contribution in [2.75, 3.05) is 5.32 Å². The quantitative estimate of drug-likeness (QED) is 0.879. The van der Waals surface area contributed by atoms with Crippen LogP contribution in [0.15, 0.2) is 22.8 Å². The van der Waals surface area contributed by atoms with Gasteiger partial charge in [-0.3, -0.25) is 0 Å². The molecule has 3 heteroatoms. The van der Waals surface area contributed by atoms with Crippen LogP contribution in [0.4, 0.5) is 5.82 Å². The first-order chi connectivity index (χ1) is 6.29. The Kier molecular flexibility index (Phi) is 2.54. The molecule has 0 aromatic carbocycles. The van der Waals surface area contributed by atoms with Crippen LogP contribution in [0.1, 0.15) is 19.8 Å². The van der Waals surface area contributed by atoms with Gasteiger partial charge in [0.25, 0.3) is 0 Å². The topological polar surface area (TPSA) is 24.9 Å². The Hall–Kier alpha value is -0.570. The summed E-state index contributed by atoms with van der Waals surface area (Å²) in [5.41, 5.74) is 0. The molecule has 0 saturated heterocycles. The molecule has 0 aliphatic heterocycles. The lowest BCUT2D eigenvalue weighted by atomic mass is 10.3. The SMILES string of the molecule is CCC1CC1Nc1ccc(Br)cn1. The number of aromatic nitrogens is 1. The van der Waals surface area contributed by atoms with Gasteiger partial charge in [-0.15, -0.1) is 0 Å². The predicted molar refractivity (Wildman–Crippen MR) is 57.7 cm³/mol. The molecule has 1 aliphatic carbocycles. The summed E-state index contributed by atoms with van der Waals surface area (Å²) in [4.78, 5) is 4.27. The zero-order valence-electron chi connectivity index (χ0n) is 7.63. The average Bonchev–Trinajstić information content (AvgIpc) is 2.88. The third-order valence-electron chi connectivity index (χ3n) is 2.51. The van der Waals surface area contributed by atoms with Crippen molar-refractivity contribution in [3.05, 3.63) is 22.8 Å². The molecule has 0 spiro atoms. The van der Waals surface area contributed by atoms with Crippen molar-refractivity contribution in [2.24, 2.45) is 5.92 Å². The summed E-state index contributed by atoms with van der Waals surface area (Å²) in [6.07, 6.45) is 4.40. The molecule has 0 amide bonds. The second kappa shape index (κ2) is 3.66. The number of anilines is 1. The summed E-state index contributed by atoms with van der Waals surface area (Å²) in [7, 11) is 0. The zero-order chi connectivity index (χ0) is 9.26. The third kappa shape index (κ3) is 2.21. The van der Waals surface area contributed by atoms with Gasteiger partial charge in [-0.2, -0.15) is 0 Å². The van der Waals surface area contributed by atoms with Gasteiger partial charge in [0.1, 0.15) is 5.82 Å². The normalized spacial score (nSPS) is 25.7. The molecule has 2 nitrogen and oxygen atoms in total. The molecule has 1 heterocycles. The number of nitrogens with zero attached hydrogens (tertiary/aromatic N) is 1. The number of halogens is 1. The van der Waals surface area contributed by atoms with E-state index in [1.54, 1.807) is 0 Å². The number of pyridine rings is 1. The Balaban J connectivity index is 1.92. The minimum absolute atomic E-state index is 0.665. The van der Waals surface area contributed by atoms with Gasteiger partial charge in [0.2, 0.25) is 0 Å². The van der Waals surface area contributed by atoms with Crippen LogP contribution in [0.3, 0.4) is 0 Å². The molecule has 13 heavy (non-hydrogen) atoms. The fraction of sp³-hybridized carbons (Fsp3) is 0.500. The highest BCUT2D eigenvalue weighted by atomic mass is 79.9. The van der Waals surface area contributed by atoms with E-state index in [1.165, 1.54) is 12.8 Å². The van der Waals surface area contributed by atoms with Crippen LogP contribution in [0, 0.1) is 5.92 Å². The minimum Gasteiger partial charge on any atom is -0.367 e. The summed E-state index contributed by atoms with van der Waals surface area (Å²) in [6, 6.07) is 4.69. The summed E-state index contributed by atoms with van der Waals surface area (Å²) in [5.74, 6) is 1.86. The van der Waals surface area contributed by atoms with Crippen molar-refractivity contribution in [1.82, 2.24) is 4.98 Å². The Bertz CT molecular complexity index is 283. The molecule has 0 bridgehead atoms. The fourth-order valence-corrected chi connectivity index (χ4v) is 1.76. The van der Waals surface area contributed by atoms with Crippen LogP contribution >= 0.6 is 15.9 Å². The number of hydrogen-bond acceptors (Lipinski definition) is 2. The van der Waals surface area contributed by atoms with Gasteiger partial charge < -0.3 is 5.32 Å². The van der Waals surface area contributed by atoms with Crippen molar-refractivity contribution < 1.29 is 0 Å². The Labute approximate surface area is 86.9 Å². The molecular weight excluding hydrogens is 228 g/mol. The Morgan fingerprint density at radius 3 is 3.00 bits per heavy atom. The molecule has 1 aromatic heterocycles. The van der Waals surface area contributed by atoms with E-state index in [-0.39, 0.29) is 0 Å². The molecule has 1 fully saturated rings. The van der Waals surface area contributed by atoms with Gasteiger partial charge in [-0.25, -0.2) is 4.98 Å². The fourth-order valence-electron chi connectivity index (χ4n) is 1.53. The van der Waals surface area contributed by atoms with Crippen molar-refractivity contribution in [2.45, 2.75) is 25.8 Å². The monoisotopic (exact) mass is 240 g/mol.